The van der Waals surface area contributed by atoms with E-state index in [-0.39, 0.29) is 23.2 Å². The normalized spacial score (nSPS) is 13.1. The number of anilines is 1. The largest absolute Gasteiger partial charge is 0.349 e. The Morgan fingerprint density at radius 2 is 1.73 bits per heavy atom. The molecular weight excluding hydrogens is 354 g/mol. The Morgan fingerprint density at radius 1 is 1.08 bits per heavy atom. The van der Waals surface area contributed by atoms with Crippen molar-refractivity contribution >= 4 is 35.0 Å². The molecule has 0 radical (unpaired) electrons. The molecule has 0 aliphatic heterocycles. The molecule has 2 aromatic carbocycles. The van der Waals surface area contributed by atoms with Gasteiger partial charge < -0.3 is 10.6 Å². The lowest BCUT2D eigenvalue weighted by Gasteiger charge is -2.08. The molecule has 0 saturated heterocycles. The zero-order valence-electron chi connectivity index (χ0n) is 14.0. The monoisotopic (exact) mass is 371 g/mol. The van der Waals surface area contributed by atoms with E-state index in [1.54, 1.807) is 42.7 Å². The molecular formula is C18H17N3O4S. The average Bonchev–Trinajstić information content (AvgIpc) is 3.45. The van der Waals surface area contributed by atoms with Gasteiger partial charge in [0.05, 0.1) is 9.82 Å². The predicted molar refractivity (Wildman–Crippen MR) is 99.8 cm³/mol. The highest BCUT2D eigenvalue weighted by atomic mass is 32.2. The summed E-state index contributed by atoms with van der Waals surface area (Å²) in [6.45, 7) is 0. The van der Waals surface area contributed by atoms with E-state index in [4.69, 9.17) is 0 Å². The second-order valence-corrected chi connectivity index (χ2v) is 6.77. The molecule has 1 aliphatic carbocycles. The predicted octanol–water partition coefficient (Wildman–Crippen LogP) is 3.46. The van der Waals surface area contributed by atoms with Crippen LogP contribution in [0.2, 0.25) is 0 Å². The van der Waals surface area contributed by atoms with Gasteiger partial charge in [0, 0.05) is 28.9 Å². The van der Waals surface area contributed by atoms with Crippen LogP contribution >= 0.6 is 11.8 Å². The number of nitrogens with one attached hydrogen (secondary N) is 2. The van der Waals surface area contributed by atoms with Crippen LogP contribution in [0.3, 0.4) is 0 Å². The van der Waals surface area contributed by atoms with Crippen molar-refractivity contribution in [3.8, 4) is 0 Å². The maximum Gasteiger partial charge on any atom is 0.283 e. The van der Waals surface area contributed by atoms with Gasteiger partial charge >= 0.3 is 0 Å². The minimum atomic E-state index is -0.504. The van der Waals surface area contributed by atoms with Crippen molar-refractivity contribution in [1.82, 2.24) is 5.32 Å². The van der Waals surface area contributed by atoms with Gasteiger partial charge in [0.15, 0.2) is 0 Å². The number of thioether (sulfide) groups is 1. The Labute approximate surface area is 154 Å². The Morgan fingerprint density at radius 3 is 2.31 bits per heavy atom. The Kier molecular flexibility index (Phi) is 5.22. The third-order valence-electron chi connectivity index (χ3n) is 3.96. The molecule has 2 amide bonds. The molecule has 3 rings (SSSR count). The van der Waals surface area contributed by atoms with E-state index in [1.165, 1.54) is 17.8 Å². The number of benzene rings is 2. The van der Waals surface area contributed by atoms with Crippen LogP contribution in [0.1, 0.15) is 33.6 Å². The molecule has 7 nitrogen and oxygen atoms in total. The van der Waals surface area contributed by atoms with Crippen molar-refractivity contribution in [3.05, 3.63) is 63.7 Å². The van der Waals surface area contributed by atoms with Crippen molar-refractivity contribution < 1.29 is 14.5 Å². The first-order chi connectivity index (χ1) is 12.5. The summed E-state index contributed by atoms with van der Waals surface area (Å²) in [5, 5.41) is 16.7. The molecule has 1 saturated carbocycles. The summed E-state index contributed by atoms with van der Waals surface area (Å²) in [7, 11) is 0. The number of nitro benzene ring substituents is 1. The van der Waals surface area contributed by atoms with Gasteiger partial charge in [0.2, 0.25) is 0 Å². The first-order valence-corrected chi connectivity index (χ1v) is 9.25. The third-order valence-corrected chi connectivity index (χ3v) is 4.74. The molecule has 0 heterocycles. The van der Waals surface area contributed by atoms with Crippen LogP contribution in [-0.4, -0.2) is 29.0 Å². The molecule has 26 heavy (non-hydrogen) atoms. The molecule has 1 aliphatic rings. The average molecular weight is 371 g/mol. The first-order valence-electron chi connectivity index (χ1n) is 8.02. The van der Waals surface area contributed by atoms with Gasteiger partial charge in [-0.3, -0.25) is 19.7 Å². The number of hydrogen-bond donors (Lipinski definition) is 2. The first kappa shape index (κ1) is 17.9. The fourth-order valence-electron chi connectivity index (χ4n) is 2.38. The quantitative estimate of drug-likeness (QED) is 0.460. The van der Waals surface area contributed by atoms with Crippen molar-refractivity contribution in [2.75, 3.05) is 11.6 Å². The fourth-order valence-corrected chi connectivity index (χ4v) is 2.93. The molecule has 1 fully saturated rings. The van der Waals surface area contributed by atoms with Crippen LogP contribution in [0.5, 0.6) is 0 Å². The zero-order valence-corrected chi connectivity index (χ0v) is 14.8. The summed E-state index contributed by atoms with van der Waals surface area (Å²) in [5.74, 6) is -0.579. The number of hydrogen-bond acceptors (Lipinski definition) is 5. The van der Waals surface area contributed by atoms with E-state index in [2.05, 4.69) is 10.6 Å². The minimum absolute atomic E-state index is 0.0998. The second-order valence-electron chi connectivity index (χ2n) is 5.92. The van der Waals surface area contributed by atoms with Gasteiger partial charge in [-0.25, -0.2) is 0 Å². The Bertz CT molecular complexity index is 863. The highest BCUT2D eigenvalue weighted by Gasteiger charge is 2.23. The molecule has 8 heteroatoms. The van der Waals surface area contributed by atoms with Crippen LogP contribution < -0.4 is 10.6 Å². The van der Waals surface area contributed by atoms with Gasteiger partial charge in [-0.2, -0.15) is 0 Å². The molecule has 2 N–H and O–H groups in total. The van der Waals surface area contributed by atoms with Crippen molar-refractivity contribution in [2.45, 2.75) is 23.8 Å². The van der Waals surface area contributed by atoms with E-state index < -0.39 is 10.8 Å². The van der Waals surface area contributed by atoms with E-state index >= 15 is 0 Å². The van der Waals surface area contributed by atoms with E-state index in [9.17, 15) is 19.7 Å². The third kappa shape index (κ3) is 4.20. The van der Waals surface area contributed by atoms with Gasteiger partial charge in [0.1, 0.15) is 0 Å². The number of nitro groups is 1. The summed E-state index contributed by atoms with van der Waals surface area (Å²) in [6, 6.07) is 11.2. The molecule has 134 valence electrons. The highest BCUT2D eigenvalue weighted by Crippen LogP contribution is 2.28. The lowest BCUT2D eigenvalue weighted by atomic mass is 10.1. The minimum Gasteiger partial charge on any atom is -0.349 e. The molecule has 0 spiro atoms. The summed E-state index contributed by atoms with van der Waals surface area (Å²) in [5.41, 5.74) is 1.13. The Balaban J connectivity index is 1.70. The van der Waals surface area contributed by atoms with Crippen molar-refractivity contribution in [2.24, 2.45) is 0 Å². The molecule has 0 aromatic heterocycles. The number of rotatable bonds is 6. The number of amides is 2. The molecule has 0 atom stereocenters. The van der Waals surface area contributed by atoms with Crippen LogP contribution in [0.25, 0.3) is 0 Å². The number of carbonyl (C=O) groups is 2. The lowest BCUT2D eigenvalue weighted by molar-refractivity contribution is -0.387. The van der Waals surface area contributed by atoms with E-state index in [0.29, 0.717) is 16.1 Å². The van der Waals surface area contributed by atoms with Crippen molar-refractivity contribution in [3.63, 3.8) is 0 Å². The van der Waals surface area contributed by atoms with Gasteiger partial charge in [-0.1, -0.05) is 0 Å². The summed E-state index contributed by atoms with van der Waals surface area (Å²) in [4.78, 5) is 35.4. The fraction of sp³-hybridized carbons (Fsp3) is 0.222. The summed E-state index contributed by atoms with van der Waals surface area (Å²) in [6.07, 6.45) is 3.77. The highest BCUT2D eigenvalue weighted by molar-refractivity contribution is 7.98. The van der Waals surface area contributed by atoms with Gasteiger partial charge in [0.25, 0.3) is 17.5 Å². The standard InChI is InChI=1S/C18H17N3O4S/c1-26-16-9-4-12(10-15(16)21(24)25)18(23)20-13-5-2-11(3-6-13)17(22)19-14-7-8-14/h2-6,9-10,14H,7-8H2,1H3,(H,19,22)(H,20,23). The second kappa shape index (κ2) is 7.57. The summed E-state index contributed by atoms with van der Waals surface area (Å²) < 4.78 is 0. The van der Waals surface area contributed by atoms with E-state index in [1.807, 2.05) is 0 Å². The van der Waals surface area contributed by atoms with Crippen LogP contribution in [-0.2, 0) is 0 Å². The van der Waals surface area contributed by atoms with Crippen molar-refractivity contribution in [1.29, 1.82) is 0 Å². The molecule has 2 aromatic rings. The SMILES string of the molecule is CSc1ccc(C(=O)Nc2ccc(C(=O)NC3CC3)cc2)cc1[N+](=O)[O-]. The van der Waals surface area contributed by atoms with Crippen LogP contribution in [0.15, 0.2) is 47.4 Å². The smallest absolute Gasteiger partial charge is 0.283 e. The maximum absolute atomic E-state index is 12.3. The van der Waals surface area contributed by atoms with Gasteiger partial charge in [-0.15, -0.1) is 11.8 Å². The number of carbonyl (C=O) groups excluding carboxylic acids is 2. The van der Waals surface area contributed by atoms with Crippen LogP contribution in [0.4, 0.5) is 11.4 Å². The van der Waals surface area contributed by atoms with Crippen LogP contribution in [0, 0.1) is 10.1 Å². The molecule has 0 unspecified atom stereocenters. The van der Waals surface area contributed by atoms with E-state index in [0.717, 1.165) is 12.8 Å². The Hall–Kier alpha value is -2.87. The van der Waals surface area contributed by atoms with Gasteiger partial charge in [-0.05, 0) is 55.5 Å². The zero-order chi connectivity index (χ0) is 18.7. The topological polar surface area (TPSA) is 101 Å². The number of nitrogens with zero attached hydrogens (tertiary/aromatic N) is 1. The lowest BCUT2D eigenvalue weighted by Crippen LogP contribution is -2.25. The molecule has 0 bridgehead atoms. The summed E-state index contributed by atoms with van der Waals surface area (Å²) >= 11 is 1.25. The maximum atomic E-state index is 12.3.